The van der Waals surface area contributed by atoms with Gasteiger partial charge < -0.3 is 9.97 Å². The predicted molar refractivity (Wildman–Crippen MR) is 75.3 cm³/mol. The number of H-pyrrole nitrogens is 2. The van der Waals surface area contributed by atoms with E-state index in [1.807, 2.05) is 0 Å². The van der Waals surface area contributed by atoms with Gasteiger partial charge in [-0.05, 0) is 39.0 Å². The van der Waals surface area contributed by atoms with Crippen molar-refractivity contribution in [2.45, 2.75) is 31.2 Å². The van der Waals surface area contributed by atoms with Crippen LogP contribution in [0.1, 0.15) is 20.8 Å². The first-order chi connectivity index (χ1) is 9.08. The summed E-state index contributed by atoms with van der Waals surface area (Å²) in [5.41, 5.74) is -1.60. The number of rotatable bonds is 2. The zero-order valence-corrected chi connectivity index (χ0v) is 12.1. The normalized spacial score (nSPS) is 12.8. The molecule has 2 rings (SSSR count). The molecule has 0 saturated heterocycles. The minimum Gasteiger partial charge on any atom is -0.316 e. The summed E-state index contributed by atoms with van der Waals surface area (Å²) in [4.78, 5) is 27.2. The first kappa shape index (κ1) is 14.5. The molecule has 8 heteroatoms. The summed E-state index contributed by atoms with van der Waals surface area (Å²) in [7, 11) is -3.70. The number of hydrogen-bond acceptors (Lipinski definition) is 4. The summed E-state index contributed by atoms with van der Waals surface area (Å²) in [5, 5.41) is 0. The number of hydrogen-bond donors (Lipinski definition) is 3. The van der Waals surface area contributed by atoms with Gasteiger partial charge in [0.1, 0.15) is 0 Å². The highest BCUT2D eigenvalue weighted by molar-refractivity contribution is 7.89. The van der Waals surface area contributed by atoms with E-state index in [1.165, 1.54) is 18.2 Å². The van der Waals surface area contributed by atoms with Crippen molar-refractivity contribution < 1.29 is 8.42 Å². The second-order valence-electron chi connectivity index (χ2n) is 5.47. The molecule has 0 fully saturated rings. The zero-order chi connectivity index (χ0) is 15.1. The van der Waals surface area contributed by atoms with E-state index in [2.05, 4.69) is 14.7 Å². The summed E-state index contributed by atoms with van der Waals surface area (Å²) in [6.07, 6.45) is 0. The first-order valence-corrected chi connectivity index (χ1v) is 7.37. The summed E-state index contributed by atoms with van der Waals surface area (Å²) < 4.78 is 26.8. The second kappa shape index (κ2) is 4.57. The lowest BCUT2D eigenvalue weighted by atomic mass is 10.1. The van der Waals surface area contributed by atoms with Crippen LogP contribution in [-0.2, 0) is 10.0 Å². The van der Waals surface area contributed by atoms with E-state index in [1.54, 1.807) is 20.8 Å². The van der Waals surface area contributed by atoms with Crippen molar-refractivity contribution in [1.82, 2.24) is 14.7 Å². The Morgan fingerprint density at radius 1 is 1.00 bits per heavy atom. The molecule has 0 aliphatic heterocycles. The average molecular weight is 297 g/mol. The van der Waals surface area contributed by atoms with Gasteiger partial charge in [0, 0.05) is 5.54 Å². The quantitative estimate of drug-likeness (QED) is 0.692. The third-order valence-corrected chi connectivity index (χ3v) is 4.20. The lowest BCUT2D eigenvalue weighted by Crippen LogP contribution is -2.40. The van der Waals surface area contributed by atoms with Gasteiger partial charge in [0.15, 0.2) is 0 Å². The highest BCUT2D eigenvalue weighted by Gasteiger charge is 2.22. The monoisotopic (exact) mass is 297 g/mol. The molecule has 108 valence electrons. The van der Waals surface area contributed by atoms with Crippen molar-refractivity contribution in [3.63, 3.8) is 0 Å². The van der Waals surface area contributed by atoms with Gasteiger partial charge >= 0.3 is 11.1 Å². The fourth-order valence-corrected chi connectivity index (χ4v) is 3.17. The molecule has 0 atom stereocenters. The van der Waals surface area contributed by atoms with E-state index in [-0.39, 0.29) is 10.4 Å². The van der Waals surface area contributed by atoms with Crippen molar-refractivity contribution in [1.29, 1.82) is 0 Å². The Hall–Kier alpha value is -1.93. The summed E-state index contributed by atoms with van der Waals surface area (Å²) >= 11 is 0. The van der Waals surface area contributed by atoms with E-state index < -0.39 is 26.7 Å². The van der Waals surface area contributed by atoms with E-state index in [0.29, 0.717) is 5.52 Å². The molecule has 0 bridgehead atoms. The van der Waals surface area contributed by atoms with Gasteiger partial charge in [-0.25, -0.2) is 13.1 Å². The fraction of sp³-hybridized carbons (Fsp3) is 0.333. The maximum atomic E-state index is 12.2. The van der Waals surface area contributed by atoms with Crippen LogP contribution in [0.15, 0.2) is 32.7 Å². The summed E-state index contributed by atoms with van der Waals surface area (Å²) in [6, 6.07) is 4.11. The zero-order valence-electron chi connectivity index (χ0n) is 11.3. The van der Waals surface area contributed by atoms with Crippen LogP contribution in [0.2, 0.25) is 0 Å². The molecular weight excluding hydrogens is 282 g/mol. The van der Waals surface area contributed by atoms with Crippen LogP contribution in [0.25, 0.3) is 11.0 Å². The van der Waals surface area contributed by atoms with Gasteiger partial charge in [0.05, 0.1) is 15.9 Å². The maximum absolute atomic E-state index is 12.2. The van der Waals surface area contributed by atoms with Crippen LogP contribution in [0.3, 0.4) is 0 Å². The van der Waals surface area contributed by atoms with Crippen molar-refractivity contribution >= 4 is 21.1 Å². The van der Waals surface area contributed by atoms with E-state index >= 15 is 0 Å². The van der Waals surface area contributed by atoms with Crippen LogP contribution in [0.5, 0.6) is 0 Å². The molecule has 20 heavy (non-hydrogen) atoms. The minimum absolute atomic E-state index is 0.0163. The Kier molecular flexibility index (Phi) is 3.31. The number of benzene rings is 1. The molecule has 7 nitrogen and oxygen atoms in total. The van der Waals surface area contributed by atoms with Gasteiger partial charge in [0.25, 0.3) is 0 Å². The largest absolute Gasteiger partial charge is 0.316 e. The van der Waals surface area contributed by atoms with Crippen LogP contribution < -0.4 is 15.8 Å². The molecule has 0 amide bonds. The van der Waals surface area contributed by atoms with Crippen LogP contribution >= 0.6 is 0 Å². The number of nitrogens with one attached hydrogen (secondary N) is 3. The van der Waals surface area contributed by atoms with Crippen LogP contribution in [0.4, 0.5) is 0 Å². The molecule has 1 heterocycles. The molecule has 0 aliphatic carbocycles. The Balaban J connectivity index is 2.60. The number of aromatic nitrogens is 2. The molecule has 0 spiro atoms. The van der Waals surface area contributed by atoms with Crippen LogP contribution in [0, 0.1) is 0 Å². The molecule has 2 aromatic rings. The Labute approximate surface area is 115 Å². The summed E-state index contributed by atoms with van der Waals surface area (Å²) in [5.74, 6) is 0. The van der Waals surface area contributed by atoms with Crippen molar-refractivity contribution in [2.75, 3.05) is 0 Å². The molecule has 0 aliphatic rings. The molecule has 3 N–H and O–H groups in total. The average Bonchev–Trinajstić information content (AvgIpc) is 2.26. The second-order valence-corrected chi connectivity index (χ2v) is 7.15. The maximum Gasteiger partial charge on any atom is 0.314 e. The van der Waals surface area contributed by atoms with Crippen molar-refractivity contribution in [2.24, 2.45) is 0 Å². The first-order valence-electron chi connectivity index (χ1n) is 5.89. The topological polar surface area (TPSA) is 112 Å². The van der Waals surface area contributed by atoms with Gasteiger partial charge in [-0.3, -0.25) is 9.59 Å². The SMILES string of the molecule is CC(C)(C)NS(=O)(=O)c1ccc2[nH]c(=O)c(=O)[nH]c2c1. The standard InChI is InChI=1S/C12H15N3O4S/c1-12(2,3)15-20(18,19)7-4-5-8-9(6-7)14-11(17)10(16)13-8/h4-6,15H,1-3H3,(H,13,16)(H,14,17). The molecular formula is C12H15N3O4S. The predicted octanol–water partition coefficient (Wildman–Crippen LogP) is 0.293. The van der Waals surface area contributed by atoms with Crippen molar-refractivity contribution in [3.05, 3.63) is 38.9 Å². The Bertz CT molecular complexity index is 872. The van der Waals surface area contributed by atoms with Gasteiger partial charge in [-0.15, -0.1) is 0 Å². The number of aromatic amines is 2. The van der Waals surface area contributed by atoms with Crippen LogP contribution in [-0.4, -0.2) is 23.9 Å². The highest BCUT2D eigenvalue weighted by atomic mass is 32.2. The number of sulfonamides is 1. The minimum atomic E-state index is -3.70. The van der Waals surface area contributed by atoms with Gasteiger partial charge in [0.2, 0.25) is 10.0 Å². The van der Waals surface area contributed by atoms with Gasteiger partial charge in [-0.2, -0.15) is 0 Å². The lowest BCUT2D eigenvalue weighted by Gasteiger charge is -2.20. The molecule has 0 radical (unpaired) electrons. The van der Waals surface area contributed by atoms with E-state index in [9.17, 15) is 18.0 Å². The molecule has 1 aromatic carbocycles. The molecule has 0 unspecified atom stereocenters. The third-order valence-electron chi connectivity index (χ3n) is 2.44. The fourth-order valence-electron chi connectivity index (χ4n) is 1.72. The van der Waals surface area contributed by atoms with Gasteiger partial charge in [-0.1, -0.05) is 0 Å². The van der Waals surface area contributed by atoms with E-state index in [0.717, 1.165) is 0 Å². The Morgan fingerprint density at radius 2 is 1.55 bits per heavy atom. The molecule has 0 saturated carbocycles. The third kappa shape index (κ3) is 2.97. The lowest BCUT2D eigenvalue weighted by molar-refractivity contribution is 0.491. The van der Waals surface area contributed by atoms with E-state index in [4.69, 9.17) is 0 Å². The van der Waals surface area contributed by atoms with Crippen molar-refractivity contribution in [3.8, 4) is 0 Å². The highest BCUT2D eigenvalue weighted by Crippen LogP contribution is 2.16. The Morgan fingerprint density at radius 3 is 2.10 bits per heavy atom. The molecule has 1 aromatic heterocycles. The summed E-state index contributed by atoms with van der Waals surface area (Å²) in [6.45, 7) is 5.18. The smallest absolute Gasteiger partial charge is 0.314 e. The number of fused-ring (bicyclic) bond motifs is 1.